The van der Waals surface area contributed by atoms with E-state index in [0.29, 0.717) is 5.92 Å². The van der Waals surface area contributed by atoms with E-state index in [1.165, 1.54) is 0 Å². The molecule has 1 aliphatic rings. The van der Waals surface area contributed by atoms with Crippen LogP contribution in [0, 0.1) is 5.92 Å². The van der Waals surface area contributed by atoms with Gasteiger partial charge in [-0.25, -0.2) is 0 Å². The third-order valence-corrected chi connectivity index (χ3v) is 4.25. The zero-order valence-electron chi connectivity index (χ0n) is 9.87. The summed E-state index contributed by atoms with van der Waals surface area (Å²) in [5.41, 5.74) is 1.15. The van der Waals surface area contributed by atoms with E-state index in [4.69, 9.17) is 11.6 Å². The van der Waals surface area contributed by atoms with Gasteiger partial charge in [-0.05, 0) is 49.6 Å². The first kappa shape index (κ1) is 13.3. The van der Waals surface area contributed by atoms with Crippen molar-refractivity contribution in [2.75, 3.05) is 13.1 Å². The average Bonchev–Trinajstić information content (AvgIpc) is 2.72. The van der Waals surface area contributed by atoms with Gasteiger partial charge in [0, 0.05) is 22.6 Å². The van der Waals surface area contributed by atoms with Crippen LogP contribution in [-0.2, 0) is 6.54 Å². The summed E-state index contributed by atoms with van der Waals surface area (Å²) in [6.45, 7) is 4.74. The molecule has 1 heterocycles. The quantitative estimate of drug-likeness (QED) is 0.924. The summed E-state index contributed by atoms with van der Waals surface area (Å²) in [6, 6.07) is 5.94. The van der Waals surface area contributed by atoms with Crippen molar-refractivity contribution in [3.63, 3.8) is 0 Å². The topological polar surface area (TPSA) is 23.5 Å². The Kier molecular flexibility index (Phi) is 4.47. The summed E-state index contributed by atoms with van der Waals surface area (Å²) >= 11 is 9.64. The maximum atomic E-state index is 9.57. The second kappa shape index (κ2) is 5.70. The number of likely N-dealkylation sites (tertiary alicyclic amines) is 1. The maximum absolute atomic E-state index is 9.57. The molecule has 0 bridgehead atoms. The fraction of sp³-hybridized carbons (Fsp3) is 0.538. The van der Waals surface area contributed by atoms with Crippen LogP contribution >= 0.6 is 27.5 Å². The molecular weight excluding hydrogens is 302 g/mol. The van der Waals surface area contributed by atoms with Gasteiger partial charge in [-0.15, -0.1) is 0 Å². The van der Waals surface area contributed by atoms with E-state index in [1.54, 1.807) is 0 Å². The molecule has 17 heavy (non-hydrogen) atoms. The smallest absolute Gasteiger partial charge is 0.0552 e. The lowest BCUT2D eigenvalue weighted by atomic mass is 10.0. The maximum Gasteiger partial charge on any atom is 0.0552 e. The molecule has 94 valence electrons. The van der Waals surface area contributed by atoms with Crippen LogP contribution in [0.25, 0.3) is 0 Å². The van der Waals surface area contributed by atoms with Crippen molar-refractivity contribution in [2.24, 2.45) is 5.92 Å². The first-order valence-electron chi connectivity index (χ1n) is 5.90. The Hall–Kier alpha value is -0.0900. The Morgan fingerprint density at radius 2 is 2.35 bits per heavy atom. The van der Waals surface area contributed by atoms with Crippen LogP contribution in [0.3, 0.4) is 0 Å². The standard InChI is InChI=1S/C13H17BrClNO/c1-9(17)10-4-5-16(7-10)8-11-6-12(14)2-3-13(11)15/h2-3,6,9-10,17H,4-5,7-8H2,1H3. The van der Waals surface area contributed by atoms with Crippen molar-refractivity contribution in [1.82, 2.24) is 4.90 Å². The second-order valence-corrected chi connectivity index (χ2v) is 6.08. The van der Waals surface area contributed by atoms with Gasteiger partial charge in [-0.1, -0.05) is 27.5 Å². The number of nitrogens with zero attached hydrogens (tertiary/aromatic N) is 1. The van der Waals surface area contributed by atoms with Crippen molar-refractivity contribution in [1.29, 1.82) is 0 Å². The predicted molar refractivity (Wildman–Crippen MR) is 74.2 cm³/mol. The van der Waals surface area contributed by atoms with Crippen LogP contribution in [0.5, 0.6) is 0 Å². The van der Waals surface area contributed by atoms with Crippen LogP contribution in [-0.4, -0.2) is 29.2 Å². The van der Waals surface area contributed by atoms with Crippen molar-refractivity contribution < 1.29 is 5.11 Å². The Labute approximate surface area is 116 Å². The SMILES string of the molecule is CC(O)C1CCN(Cc2cc(Br)ccc2Cl)C1. The normalized spacial score (nSPS) is 22.9. The van der Waals surface area contributed by atoms with E-state index < -0.39 is 0 Å². The molecule has 0 amide bonds. The van der Waals surface area contributed by atoms with E-state index in [0.717, 1.165) is 41.1 Å². The first-order valence-corrected chi connectivity index (χ1v) is 7.07. The number of aliphatic hydroxyl groups is 1. The number of rotatable bonds is 3. The molecule has 2 rings (SSSR count). The largest absolute Gasteiger partial charge is 0.393 e. The minimum Gasteiger partial charge on any atom is -0.393 e. The van der Waals surface area contributed by atoms with Crippen molar-refractivity contribution >= 4 is 27.5 Å². The molecule has 2 atom stereocenters. The van der Waals surface area contributed by atoms with Gasteiger partial charge in [0.2, 0.25) is 0 Å². The number of benzene rings is 1. The molecule has 0 saturated carbocycles. The molecule has 1 aliphatic heterocycles. The van der Waals surface area contributed by atoms with Crippen LogP contribution in [0.2, 0.25) is 5.02 Å². The second-order valence-electron chi connectivity index (χ2n) is 4.76. The molecule has 1 N–H and O–H groups in total. The Bertz CT molecular complexity index is 397. The van der Waals surface area contributed by atoms with Crippen LogP contribution in [0.1, 0.15) is 18.9 Å². The van der Waals surface area contributed by atoms with Crippen molar-refractivity contribution in [2.45, 2.75) is 26.0 Å². The third kappa shape index (κ3) is 3.44. The summed E-state index contributed by atoms with van der Waals surface area (Å²) in [5.74, 6) is 0.404. The molecular formula is C13H17BrClNO. The molecule has 0 radical (unpaired) electrons. The number of aliphatic hydroxyl groups excluding tert-OH is 1. The summed E-state index contributed by atoms with van der Waals surface area (Å²) in [5, 5.41) is 10.4. The average molecular weight is 319 g/mol. The highest BCUT2D eigenvalue weighted by molar-refractivity contribution is 9.10. The zero-order chi connectivity index (χ0) is 12.4. The van der Waals surface area contributed by atoms with Gasteiger partial charge in [-0.3, -0.25) is 4.90 Å². The lowest BCUT2D eigenvalue weighted by Crippen LogP contribution is -2.24. The van der Waals surface area contributed by atoms with E-state index in [1.807, 2.05) is 19.1 Å². The summed E-state index contributed by atoms with van der Waals surface area (Å²) < 4.78 is 1.06. The molecule has 0 aromatic heterocycles. The molecule has 4 heteroatoms. The van der Waals surface area contributed by atoms with E-state index in [-0.39, 0.29) is 6.10 Å². The molecule has 2 nitrogen and oxygen atoms in total. The Morgan fingerprint density at radius 3 is 3.00 bits per heavy atom. The fourth-order valence-corrected chi connectivity index (χ4v) is 2.89. The first-order chi connectivity index (χ1) is 8.06. The van der Waals surface area contributed by atoms with Crippen LogP contribution in [0.4, 0.5) is 0 Å². The zero-order valence-corrected chi connectivity index (χ0v) is 12.2. The van der Waals surface area contributed by atoms with Gasteiger partial charge in [0.05, 0.1) is 6.10 Å². The fourth-order valence-electron chi connectivity index (χ4n) is 2.31. The monoisotopic (exact) mass is 317 g/mol. The molecule has 1 aromatic rings. The van der Waals surface area contributed by atoms with Gasteiger partial charge in [0.15, 0.2) is 0 Å². The van der Waals surface area contributed by atoms with Crippen LogP contribution < -0.4 is 0 Å². The summed E-state index contributed by atoms with van der Waals surface area (Å²) in [7, 11) is 0. The van der Waals surface area contributed by atoms with Gasteiger partial charge in [0.25, 0.3) is 0 Å². The van der Waals surface area contributed by atoms with E-state index >= 15 is 0 Å². The number of hydrogen-bond donors (Lipinski definition) is 1. The van der Waals surface area contributed by atoms with E-state index in [2.05, 4.69) is 26.9 Å². The lowest BCUT2D eigenvalue weighted by Gasteiger charge is -2.18. The molecule has 1 fully saturated rings. The predicted octanol–water partition coefficient (Wildman–Crippen LogP) is 3.31. The highest BCUT2D eigenvalue weighted by Crippen LogP contribution is 2.26. The van der Waals surface area contributed by atoms with Gasteiger partial charge >= 0.3 is 0 Å². The van der Waals surface area contributed by atoms with Crippen molar-refractivity contribution in [3.8, 4) is 0 Å². The third-order valence-electron chi connectivity index (χ3n) is 3.39. The molecule has 0 spiro atoms. The van der Waals surface area contributed by atoms with Crippen LogP contribution in [0.15, 0.2) is 22.7 Å². The molecule has 2 unspecified atom stereocenters. The number of hydrogen-bond acceptors (Lipinski definition) is 2. The highest BCUT2D eigenvalue weighted by Gasteiger charge is 2.26. The summed E-state index contributed by atoms with van der Waals surface area (Å²) in [6.07, 6.45) is 0.863. The van der Waals surface area contributed by atoms with Crippen molar-refractivity contribution in [3.05, 3.63) is 33.3 Å². The van der Waals surface area contributed by atoms with E-state index in [9.17, 15) is 5.11 Å². The minimum atomic E-state index is -0.210. The highest BCUT2D eigenvalue weighted by atomic mass is 79.9. The summed E-state index contributed by atoms with van der Waals surface area (Å²) in [4.78, 5) is 2.35. The Morgan fingerprint density at radius 1 is 1.59 bits per heavy atom. The van der Waals surface area contributed by atoms with Gasteiger partial charge < -0.3 is 5.11 Å². The Balaban J connectivity index is 2.00. The minimum absolute atomic E-state index is 0.210. The number of halogens is 2. The lowest BCUT2D eigenvalue weighted by molar-refractivity contribution is 0.127. The molecule has 1 saturated heterocycles. The molecule has 1 aromatic carbocycles. The van der Waals surface area contributed by atoms with Gasteiger partial charge in [-0.2, -0.15) is 0 Å². The molecule has 0 aliphatic carbocycles. The van der Waals surface area contributed by atoms with Gasteiger partial charge in [0.1, 0.15) is 0 Å².